The van der Waals surface area contributed by atoms with Crippen molar-refractivity contribution in [2.24, 2.45) is 5.92 Å². The van der Waals surface area contributed by atoms with E-state index in [0.29, 0.717) is 18.3 Å². The van der Waals surface area contributed by atoms with Gasteiger partial charge >= 0.3 is 5.97 Å². The molecule has 1 aliphatic heterocycles. The Morgan fingerprint density at radius 2 is 1.85 bits per heavy atom. The first kappa shape index (κ1) is 22.3. The molecular weight excluding hydrogens is 428 g/mol. The van der Waals surface area contributed by atoms with Gasteiger partial charge in [0.15, 0.2) is 5.82 Å². The highest BCUT2D eigenvalue weighted by Crippen LogP contribution is 2.41. The minimum Gasteiger partial charge on any atom is -0.463 e. The van der Waals surface area contributed by atoms with E-state index < -0.39 is 0 Å². The molecule has 1 aliphatic carbocycles. The maximum atomic E-state index is 13.0. The highest BCUT2D eigenvalue weighted by molar-refractivity contribution is 5.91. The van der Waals surface area contributed by atoms with Crippen molar-refractivity contribution in [3.05, 3.63) is 65.4 Å². The zero-order valence-corrected chi connectivity index (χ0v) is 19.6. The lowest BCUT2D eigenvalue weighted by Crippen LogP contribution is -2.42. The van der Waals surface area contributed by atoms with Gasteiger partial charge in [-0.3, -0.25) is 0 Å². The van der Waals surface area contributed by atoms with Crippen LogP contribution >= 0.6 is 0 Å². The van der Waals surface area contributed by atoms with Crippen molar-refractivity contribution in [2.45, 2.75) is 45.6 Å². The van der Waals surface area contributed by atoms with Gasteiger partial charge in [-0.05, 0) is 59.7 Å². The van der Waals surface area contributed by atoms with Gasteiger partial charge in [0.25, 0.3) is 0 Å². The molecular formula is C26H30N6O2. The first-order valence-corrected chi connectivity index (χ1v) is 12.1. The summed E-state index contributed by atoms with van der Waals surface area (Å²) >= 11 is 0. The molecule has 0 radical (unpaired) electrons. The summed E-state index contributed by atoms with van der Waals surface area (Å²) in [5.74, 6) is 0.906. The summed E-state index contributed by atoms with van der Waals surface area (Å²) in [6, 6.07) is 16.6. The third-order valence-electron chi connectivity index (χ3n) is 6.43. The van der Waals surface area contributed by atoms with Crippen molar-refractivity contribution in [3.8, 4) is 22.5 Å². The predicted octanol–water partition coefficient (Wildman–Crippen LogP) is 3.90. The number of hydrogen-bond donors (Lipinski definition) is 2. The molecule has 2 aliphatic rings. The van der Waals surface area contributed by atoms with Crippen LogP contribution in [0.5, 0.6) is 0 Å². The van der Waals surface area contributed by atoms with Gasteiger partial charge in [-0.15, -0.1) is 5.10 Å². The topological polar surface area (TPSA) is 96.0 Å². The molecule has 1 atom stereocenters. The minimum atomic E-state index is -0.188. The highest BCUT2D eigenvalue weighted by Gasteiger charge is 2.42. The SMILES string of the molecule is CCCN1NC(C2CC2)=C(C(=O)OCC)C1Cc1ccc(-c2ccccc2-c2nnn[nH]2)cc1. The molecule has 2 aromatic carbocycles. The average molecular weight is 459 g/mol. The number of rotatable bonds is 9. The summed E-state index contributed by atoms with van der Waals surface area (Å²) in [7, 11) is 0. The zero-order chi connectivity index (χ0) is 23.5. The second kappa shape index (κ2) is 9.77. The normalized spacial score (nSPS) is 18.2. The number of H-pyrrole nitrogens is 1. The standard InChI is InChI=1S/C26H30N6O2/c1-3-15-32-22(23(26(33)34-4-2)24(29-32)19-13-14-19)16-17-9-11-18(12-10-17)20-7-5-6-8-21(20)25-27-30-31-28-25/h5-12,19,22,29H,3-4,13-16H2,1-2H3,(H,27,28,30,31). The van der Waals surface area contributed by atoms with E-state index in [1.54, 1.807) is 0 Å². The van der Waals surface area contributed by atoms with E-state index >= 15 is 0 Å². The van der Waals surface area contributed by atoms with Gasteiger partial charge in [0, 0.05) is 23.7 Å². The molecule has 0 bridgehead atoms. The smallest absolute Gasteiger partial charge is 0.337 e. The van der Waals surface area contributed by atoms with Crippen LogP contribution in [0.4, 0.5) is 0 Å². The molecule has 176 valence electrons. The number of benzene rings is 2. The lowest BCUT2D eigenvalue weighted by atomic mass is 9.94. The maximum Gasteiger partial charge on any atom is 0.337 e. The Kier molecular flexibility index (Phi) is 6.40. The molecule has 3 aromatic rings. The number of hydrazine groups is 1. The number of carbonyl (C=O) groups is 1. The molecule has 0 amide bonds. The fourth-order valence-electron chi connectivity index (χ4n) is 4.69. The lowest BCUT2D eigenvalue weighted by Gasteiger charge is -2.26. The van der Waals surface area contributed by atoms with E-state index in [1.807, 2.05) is 25.1 Å². The molecule has 0 saturated heterocycles. The quantitative estimate of drug-likeness (QED) is 0.470. The zero-order valence-electron chi connectivity index (χ0n) is 19.6. The second-order valence-corrected chi connectivity index (χ2v) is 8.84. The highest BCUT2D eigenvalue weighted by atomic mass is 16.5. The predicted molar refractivity (Wildman–Crippen MR) is 129 cm³/mol. The molecule has 8 nitrogen and oxygen atoms in total. The van der Waals surface area contributed by atoms with Crippen molar-refractivity contribution in [1.82, 2.24) is 31.1 Å². The summed E-state index contributed by atoms with van der Waals surface area (Å²) in [6.07, 6.45) is 4.01. The molecule has 1 unspecified atom stereocenters. The van der Waals surface area contributed by atoms with E-state index in [2.05, 4.69) is 68.3 Å². The van der Waals surface area contributed by atoms with Crippen LogP contribution in [0.3, 0.4) is 0 Å². The van der Waals surface area contributed by atoms with Gasteiger partial charge in [0.2, 0.25) is 0 Å². The van der Waals surface area contributed by atoms with Gasteiger partial charge in [0.1, 0.15) is 0 Å². The monoisotopic (exact) mass is 458 g/mol. The Balaban J connectivity index is 1.42. The van der Waals surface area contributed by atoms with Crippen LogP contribution in [-0.2, 0) is 16.0 Å². The van der Waals surface area contributed by atoms with Gasteiger partial charge in [-0.2, -0.15) is 0 Å². The summed E-state index contributed by atoms with van der Waals surface area (Å²) in [5.41, 5.74) is 9.73. The van der Waals surface area contributed by atoms with Crippen molar-refractivity contribution in [3.63, 3.8) is 0 Å². The molecule has 1 fully saturated rings. The Morgan fingerprint density at radius 1 is 1.09 bits per heavy atom. The van der Waals surface area contributed by atoms with E-state index in [9.17, 15) is 4.79 Å². The van der Waals surface area contributed by atoms with Gasteiger partial charge in [-0.25, -0.2) is 14.9 Å². The molecule has 2 N–H and O–H groups in total. The van der Waals surface area contributed by atoms with E-state index in [1.165, 1.54) is 5.56 Å². The summed E-state index contributed by atoms with van der Waals surface area (Å²) in [4.78, 5) is 13.0. The van der Waals surface area contributed by atoms with Crippen LogP contribution in [0.2, 0.25) is 0 Å². The van der Waals surface area contributed by atoms with Crippen LogP contribution in [0, 0.1) is 5.92 Å². The Labute approximate surface area is 199 Å². The Hall–Kier alpha value is -3.52. The second-order valence-electron chi connectivity index (χ2n) is 8.84. The number of nitrogens with zero attached hydrogens (tertiary/aromatic N) is 4. The Morgan fingerprint density at radius 3 is 2.50 bits per heavy atom. The van der Waals surface area contributed by atoms with Crippen molar-refractivity contribution >= 4 is 5.97 Å². The number of ether oxygens (including phenoxy) is 1. The fourth-order valence-corrected chi connectivity index (χ4v) is 4.69. The van der Waals surface area contributed by atoms with Crippen molar-refractivity contribution < 1.29 is 9.53 Å². The molecule has 0 spiro atoms. The Bertz CT molecular complexity index is 1170. The molecule has 5 rings (SSSR count). The van der Waals surface area contributed by atoms with E-state index in [-0.39, 0.29) is 12.0 Å². The average Bonchev–Trinajstić information content (AvgIpc) is 3.43. The van der Waals surface area contributed by atoms with E-state index in [4.69, 9.17) is 4.74 Å². The number of nitrogens with one attached hydrogen (secondary N) is 2. The number of tetrazole rings is 1. The first-order valence-electron chi connectivity index (χ1n) is 12.1. The van der Waals surface area contributed by atoms with Crippen LogP contribution < -0.4 is 5.43 Å². The summed E-state index contributed by atoms with van der Waals surface area (Å²) < 4.78 is 5.47. The summed E-state index contributed by atoms with van der Waals surface area (Å²) in [6.45, 7) is 5.28. The minimum absolute atomic E-state index is 0.0343. The number of allylic oxidation sites excluding steroid dienone is 1. The van der Waals surface area contributed by atoms with Crippen molar-refractivity contribution in [1.29, 1.82) is 0 Å². The van der Waals surface area contributed by atoms with Gasteiger partial charge in [-0.1, -0.05) is 55.5 Å². The molecule has 1 saturated carbocycles. The third kappa shape index (κ3) is 4.46. The van der Waals surface area contributed by atoms with Crippen LogP contribution in [0.15, 0.2) is 59.8 Å². The van der Waals surface area contributed by atoms with Crippen molar-refractivity contribution in [2.75, 3.05) is 13.2 Å². The van der Waals surface area contributed by atoms with Crippen LogP contribution in [0.1, 0.15) is 38.7 Å². The number of esters is 1. The molecule has 1 aromatic heterocycles. The van der Waals surface area contributed by atoms with E-state index in [0.717, 1.165) is 60.2 Å². The summed E-state index contributed by atoms with van der Waals surface area (Å²) in [5, 5.41) is 16.6. The van der Waals surface area contributed by atoms with Gasteiger partial charge in [0.05, 0.1) is 18.2 Å². The number of carbonyl (C=O) groups excluding carboxylic acids is 1. The van der Waals surface area contributed by atoms with Crippen LogP contribution in [-0.4, -0.2) is 50.8 Å². The first-order chi connectivity index (χ1) is 16.7. The number of aromatic amines is 1. The van der Waals surface area contributed by atoms with Gasteiger partial charge < -0.3 is 10.2 Å². The largest absolute Gasteiger partial charge is 0.463 e. The molecule has 8 heteroatoms. The maximum absolute atomic E-state index is 13.0. The number of aromatic nitrogens is 4. The lowest BCUT2D eigenvalue weighted by molar-refractivity contribution is -0.139. The van der Waals surface area contributed by atoms with Crippen LogP contribution in [0.25, 0.3) is 22.5 Å². The number of hydrogen-bond acceptors (Lipinski definition) is 7. The molecule has 2 heterocycles. The molecule has 34 heavy (non-hydrogen) atoms. The fraction of sp³-hybridized carbons (Fsp3) is 0.385. The third-order valence-corrected chi connectivity index (χ3v) is 6.43.